The molecule has 0 atom stereocenters. The van der Waals surface area contributed by atoms with E-state index in [0.29, 0.717) is 0 Å². The molecule has 8 rings (SSSR count). The predicted octanol–water partition coefficient (Wildman–Crippen LogP) is 8.35. The van der Waals surface area contributed by atoms with E-state index in [4.69, 9.17) is 0 Å². The average Bonchev–Trinajstić information content (AvgIpc) is 3.70. The maximum absolute atomic E-state index is 3.87. The van der Waals surface area contributed by atoms with Gasteiger partial charge in [0.15, 0.2) is 0 Å². The van der Waals surface area contributed by atoms with Crippen LogP contribution < -0.4 is 14.7 Å². The fourth-order valence-corrected chi connectivity index (χ4v) is 6.77. The zero-order valence-corrected chi connectivity index (χ0v) is 26.7. The fourth-order valence-electron chi connectivity index (χ4n) is 6.77. The molecule has 4 nitrogen and oxygen atoms in total. The van der Waals surface area contributed by atoms with Gasteiger partial charge in [-0.05, 0) is 78.6 Å². The van der Waals surface area contributed by atoms with Crippen LogP contribution in [0, 0.1) is 26.8 Å². The summed E-state index contributed by atoms with van der Waals surface area (Å²) in [6, 6.07) is 45.7. The minimum atomic E-state index is -0.528. The van der Waals surface area contributed by atoms with Crippen LogP contribution in [0.15, 0.2) is 128 Å². The third kappa shape index (κ3) is 4.31. The number of hydrogen-bond donors (Lipinski definition) is 0. The Balaban J connectivity index is 0.00000165. The summed E-state index contributed by atoms with van der Waals surface area (Å²) in [6.07, 6.45) is 4.14. The van der Waals surface area contributed by atoms with E-state index >= 15 is 0 Å². The van der Waals surface area contributed by atoms with Gasteiger partial charge in [-0.25, -0.2) is 0 Å². The van der Waals surface area contributed by atoms with Crippen LogP contribution in [-0.2, 0) is 26.5 Å². The molecule has 5 heteroatoms. The molecule has 0 fully saturated rings. The minimum absolute atomic E-state index is 0. The standard InChI is InChI=1S/C37H29N4.CH3.Pt/c1-38-21-22-40(25-38)29-13-9-11-27(23-29)37(33-17-5-3-15-31(33)32-16-4-6-18-34(32)37)28-12-10-14-30(24-28)41-26-39(2)35-19-7-8-20-36(35)41;;/h3-22,24-26H,1-2H3;1H3;/q-3;-1;+4. The van der Waals surface area contributed by atoms with E-state index in [1.165, 1.54) is 39.2 Å². The minimum Gasteiger partial charge on any atom is -0.510 e. The summed E-state index contributed by atoms with van der Waals surface area (Å²) in [6.45, 7) is 4.25. The number of rotatable bonds is 4. The molecule has 5 aromatic carbocycles. The first-order chi connectivity index (χ1) is 20.1. The molecular formula is C38H32N4Pt. The number of anilines is 4. The second-order valence-electron chi connectivity index (χ2n) is 10.9. The first-order valence-electron chi connectivity index (χ1n) is 14.0. The Labute approximate surface area is 269 Å². The maximum Gasteiger partial charge on any atom is 4.00 e. The van der Waals surface area contributed by atoms with E-state index in [9.17, 15) is 0 Å². The van der Waals surface area contributed by atoms with Gasteiger partial charge in [0.05, 0.1) is 0 Å². The summed E-state index contributed by atoms with van der Waals surface area (Å²) in [5.74, 6) is 0. The molecule has 0 bridgehead atoms. The first-order valence-corrected chi connectivity index (χ1v) is 14.0. The van der Waals surface area contributed by atoms with Crippen molar-refractivity contribution in [2.24, 2.45) is 0 Å². The van der Waals surface area contributed by atoms with Crippen LogP contribution in [0.25, 0.3) is 11.1 Å². The molecule has 0 amide bonds. The SMILES string of the molecule is CN1C=CN(c2[c-]c(C3(c4cccc(N5[CH-]N(C)c6ccccc65)c4)c4ccccc4-c4ccccc43)ccc2)[CH-]1.[CH3-].[Pt+4]. The van der Waals surface area contributed by atoms with Gasteiger partial charge in [-0.15, -0.1) is 11.3 Å². The van der Waals surface area contributed by atoms with Gasteiger partial charge in [-0.2, -0.15) is 37.6 Å². The van der Waals surface area contributed by atoms with Gasteiger partial charge in [0.2, 0.25) is 0 Å². The van der Waals surface area contributed by atoms with Crippen molar-refractivity contribution in [1.29, 1.82) is 0 Å². The summed E-state index contributed by atoms with van der Waals surface area (Å²) < 4.78 is 0. The summed E-state index contributed by atoms with van der Waals surface area (Å²) >= 11 is 0. The van der Waals surface area contributed by atoms with Crippen molar-refractivity contribution in [2.45, 2.75) is 5.41 Å². The van der Waals surface area contributed by atoms with Crippen molar-refractivity contribution in [1.82, 2.24) is 4.90 Å². The summed E-state index contributed by atoms with van der Waals surface area (Å²) in [5.41, 5.74) is 11.5. The Bertz CT molecular complexity index is 1780. The van der Waals surface area contributed by atoms with Crippen molar-refractivity contribution in [2.75, 3.05) is 28.8 Å². The van der Waals surface area contributed by atoms with E-state index in [0.717, 1.165) is 16.9 Å². The topological polar surface area (TPSA) is 13.0 Å². The summed E-state index contributed by atoms with van der Waals surface area (Å²) in [4.78, 5) is 8.67. The van der Waals surface area contributed by atoms with Crippen molar-refractivity contribution in [3.05, 3.63) is 177 Å². The van der Waals surface area contributed by atoms with E-state index < -0.39 is 5.41 Å². The van der Waals surface area contributed by atoms with Gasteiger partial charge in [0.1, 0.15) is 0 Å². The largest absolute Gasteiger partial charge is 4.00 e. The Morgan fingerprint density at radius 2 is 1.30 bits per heavy atom. The second-order valence-corrected chi connectivity index (χ2v) is 10.9. The molecule has 0 aromatic heterocycles. The Hall–Kier alpha value is -4.27. The Morgan fingerprint density at radius 3 is 2.00 bits per heavy atom. The smallest absolute Gasteiger partial charge is 0.510 e. The molecule has 5 aromatic rings. The van der Waals surface area contributed by atoms with Crippen LogP contribution in [0.5, 0.6) is 0 Å². The van der Waals surface area contributed by atoms with Crippen LogP contribution >= 0.6 is 0 Å². The molecule has 1 aliphatic carbocycles. The van der Waals surface area contributed by atoms with Gasteiger partial charge >= 0.3 is 21.1 Å². The normalized spacial score (nSPS) is 15.5. The molecule has 2 heterocycles. The van der Waals surface area contributed by atoms with Gasteiger partial charge in [0, 0.05) is 22.5 Å². The number of para-hydroxylation sites is 2. The molecule has 214 valence electrons. The maximum atomic E-state index is 3.87. The predicted molar refractivity (Wildman–Crippen MR) is 174 cm³/mol. The zero-order chi connectivity index (χ0) is 27.6. The first kappa shape index (κ1) is 28.8. The van der Waals surface area contributed by atoms with E-state index in [1.54, 1.807) is 0 Å². The molecule has 2 aliphatic heterocycles. The molecule has 0 spiro atoms. The van der Waals surface area contributed by atoms with E-state index in [2.05, 4.69) is 174 Å². The monoisotopic (exact) mass is 739 g/mol. The fraction of sp³-hybridized carbons (Fsp3) is 0.0789. The van der Waals surface area contributed by atoms with Crippen molar-refractivity contribution in [3.8, 4) is 11.1 Å². The number of nitrogens with zero attached hydrogens (tertiary/aromatic N) is 4. The third-order valence-corrected chi connectivity index (χ3v) is 8.55. The molecule has 0 saturated carbocycles. The van der Waals surface area contributed by atoms with Crippen LogP contribution in [0.4, 0.5) is 22.7 Å². The molecule has 0 unspecified atom stereocenters. The molecule has 0 radical (unpaired) electrons. The van der Waals surface area contributed by atoms with Gasteiger partial charge in [-0.1, -0.05) is 72.8 Å². The molecule has 0 saturated heterocycles. The quantitative estimate of drug-likeness (QED) is 0.169. The van der Waals surface area contributed by atoms with Crippen molar-refractivity contribution in [3.63, 3.8) is 0 Å². The Kier molecular flexibility index (Phi) is 7.44. The van der Waals surface area contributed by atoms with Gasteiger partial charge in [0.25, 0.3) is 0 Å². The van der Waals surface area contributed by atoms with Gasteiger partial charge in [-0.3, -0.25) is 0 Å². The van der Waals surface area contributed by atoms with Gasteiger partial charge < -0.3 is 27.0 Å². The third-order valence-electron chi connectivity index (χ3n) is 8.55. The van der Waals surface area contributed by atoms with Crippen molar-refractivity contribution >= 4 is 22.7 Å². The Morgan fingerprint density at radius 1 is 0.651 bits per heavy atom. The molecular weight excluding hydrogens is 708 g/mol. The van der Waals surface area contributed by atoms with E-state index in [1.807, 2.05) is 7.05 Å². The summed E-state index contributed by atoms with van der Waals surface area (Å²) in [5, 5.41) is 0. The molecule has 43 heavy (non-hydrogen) atoms. The number of hydrogen-bond acceptors (Lipinski definition) is 4. The van der Waals surface area contributed by atoms with Crippen molar-refractivity contribution < 1.29 is 21.1 Å². The number of fused-ring (bicyclic) bond motifs is 4. The second kappa shape index (κ2) is 11.1. The molecule has 3 aliphatic rings. The van der Waals surface area contributed by atoms with Crippen LogP contribution in [0.1, 0.15) is 22.3 Å². The summed E-state index contributed by atoms with van der Waals surface area (Å²) in [7, 11) is 4.15. The van der Waals surface area contributed by atoms with E-state index in [-0.39, 0.29) is 28.5 Å². The molecule has 0 N–H and O–H groups in total. The number of benzene rings is 5. The van der Waals surface area contributed by atoms with Crippen LogP contribution in [-0.4, -0.2) is 19.0 Å². The van der Waals surface area contributed by atoms with Crippen LogP contribution in [0.2, 0.25) is 0 Å². The zero-order valence-electron chi connectivity index (χ0n) is 24.4. The van der Waals surface area contributed by atoms with Crippen LogP contribution in [0.3, 0.4) is 0 Å². The average molecular weight is 740 g/mol.